The van der Waals surface area contributed by atoms with Crippen molar-refractivity contribution in [2.24, 2.45) is 0 Å². The highest BCUT2D eigenvalue weighted by molar-refractivity contribution is 5.97. The molecule has 0 saturated carbocycles. The number of rotatable bonds is 3. The van der Waals surface area contributed by atoms with Crippen molar-refractivity contribution in [1.82, 2.24) is 9.88 Å². The van der Waals surface area contributed by atoms with Gasteiger partial charge in [0.2, 0.25) is 0 Å². The predicted molar refractivity (Wildman–Crippen MR) is 70.6 cm³/mol. The van der Waals surface area contributed by atoms with E-state index in [0.717, 1.165) is 25.5 Å². The fourth-order valence-corrected chi connectivity index (χ4v) is 2.26. The van der Waals surface area contributed by atoms with Crippen molar-refractivity contribution in [2.75, 3.05) is 6.54 Å². The summed E-state index contributed by atoms with van der Waals surface area (Å²) < 4.78 is 0. The SMILES string of the molecule is CC1CCCN1C(=O)c1ncccc1/C=C/C(=O)O. The lowest BCUT2D eigenvalue weighted by molar-refractivity contribution is -0.131. The standard InChI is InChI=1S/C14H16N2O3/c1-10-4-3-9-16(10)14(19)13-11(5-2-8-15-13)6-7-12(17)18/h2,5-8,10H,3-4,9H2,1H3,(H,17,18)/b7-6+. The number of carbonyl (C=O) groups is 2. The van der Waals surface area contributed by atoms with Crippen LogP contribution in [0.25, 0.3) is 6.08 Å². The van der Waals surface area contributed by atoms with Crippen molar-refractivity contribution in [3.8, 4) is 0 Å². The van der Waals surface area contributed by atoms with Crippen LogP contribution in [0.15, 0.2) is 24.4 Å². The zero-order valence-electron chi connectivity index (χ0n) is 10.7. The number of carbonyl (C=O) groups excluding carboxylic acids is 1. The van der Waals surface area contributed by atoms with Crippen molar-refractivity contribution in [3.63, 3.8) is 0 Å². The van der Waals surface area contributed by atoms with E-state index >= 15 is 0 Å². The molecule has 5 heteroatoms. The Kier molecular flexibility index (Phi) is 3.94. The van der Waals surface area contributed by atoms with Crippen LogP contribution in [-0.4, -0.2) is 39.5 Å². The highest BCUT2D eigenvalue weighted by Gasteiger charge is 2.27. The molecule has 0 aliphatic carbocycles. The van der Waals surface area contributed by atoms with Crippen LogP contribution in [0.1, 0.15) is 35.8 Å². The Morgan fingerprint density at radius 2 is 2.32 bits per heavy atom. The van der Waals surface area contributed by atoms with Crippen LogP contribution >= 0.6 is 0 Å². The summed E-state index contributed by atoms with van der Waals surface area (Å²) >= 11 is 0. The molecule has 1 aromatic heterocycles. The zero-order valence-corrected chi connectivity index (χ0v) is 10.7. The van der Waals surface area contributed by atoms with E-state index in [2.05, 4.69) is 4.98 Å². The summed E-state index contributed by atoms with van der Waals surface area (Å²) in [6, 6.07) is 3.59. The predicted octanol–water partition coefficient (Wildman–Crippen LogP) is 1.80. The molecule has 1 aliphatic rings. The van der Waals surface area contributed by atoms with Gasteiger partial charge in [0.1, 0.15) is 5.69 Å². The van der Waals surface area contributed by atoms with Crippen molar-refractivity contribution in [1.29, 1.82) is 0 Å². The lowest BCUT2D eigenvalue weighted by atomic mass is 10.1. The highest BCUT2D eigenvalue weighted by atomic mass is 16.4. The summed E-state index contributed by atoms with van der Waals surface area (Å²) in [5.41, 5.74) is 0.850. The van der Waals surface area contributed by atoms with Crippen LogP contribution in [0.2, 0.25) is 0 Å². The Bertz CT molecular complexity index is 525. The van der Waals surface area contributed by atoms with Gasteiger partial charge in [0, 0.05) is 30.4 Å². The summed E-state index contributed by atoms with van der Waals surface area (Å²) in [4.78, 5) is 28.9. The summed E-state index contributed by atoms with van der Waals surface area (Å²) in [7, 11) is 0. The van der Waals surface area contributed by atoms with Gasteiger partial charge < -0.3 is 10.0 Å². The minimum atomic E-state index is -1.04. The van der Waals surface area contributed by atoms with Crippen LogP contribution in [0.4, 0.5) is 0 Å². The van der Waals surface area contributed by atoms with Crippen LogP contribution in [-0.2, 0) is 4.79 Å². The second kappa shape index (κ2) is 5.65. The normalized spacial score (nSPS) is 19.0. The molecule has 0 bridgehead atoms. The molecule has 0 radical (unpaired) electrons. The Labute approximate surface area is 111 Å². The third-order valence-corrected chi connectivity index (χ3v) is 3.26. The smallest absolute Gasteiger partial charge is 0.328 e. The summed E-state index contributed by atoms with van der Waals surface area (Å²) in [6.45, 7) is 2.75. The van der Waals surface area contributed by atoms with Crippen LogP contribution in [0, 0.1) is 0 Å². The number of hydrogen-bond donors (Lipinski definition) is 1. The largest absolute Gasteiger partial charge is 0.478 e. The van der Waals surface area contributed by atoms with Crippen LogP contribution in [0.5, 0.6) is 0 Å². The molecule has 0 aromatic carbocycles. The molecule has 1 saturated heterocycles. The van der Waals surface area contributed by atoms with E-state index in [-0.39, 0.29) is 11.9 Å². The topological polar surface area (TPSA) is 70.5 Å². The minimum absolute atomic E-state index is 0.129. The fourth-order valence-electron chi connectivity index (χ4n) is 2.26. The van der Waals surface area contributed by atoms with Gasteiger partial charge in [-0.25, -0.2) is 4.79 Å². The van der Waals surface area contributed by atoms with E-state index in [0.29, 0.717) is 11.3 Å². The quantitative estimate of drug-likeness (QED) is 0.841. The maximum absolute atomic E-state index is 12.4. The van der Waals surface area contributed by atoms with Crippen LogP contribution in [0.3, 0.4) is 0 Å². The van der Waals surface area contributed by atoms with Crippen molar-refractivity contribution in [3.05, 3.63) is 35.7 Å². The monoisotopic (exact) mass is 260 g/mol. The molecule has 1 amide bonds. The Morgan fingerprint density at radius 3 is 2.95 bits per heavy atom. The third-order valence-electron chi connectivity index (χ3n) is 3.26. The minimum Gasteiger partial charge on any atom is -0.478 e. The molecule has 100 valence electrons. The average Bonchev–Trinajstić information content (AvgIpc) is 2.82. The Morgan fingerprint density at radius 1 is 1.53 bits per heavy atom. The molecule has 1 N–H and O–H groups in total. The van der Waals surface area contributed by atoms with Gasteiger partial charge in [-0.15, -0.1) is 0 Å². The van der Waals surface area contributed by atoms with E-state index in [9.17, 15) is 9.59 Å². The van der Waals surface area contributed by atoms with Gasteiger partial charge in [0.25, 0.3) is 5.91 Å². The number of hydrogen-bond acceptors (Lipinski definition) is 3. The maximum atomic E-state index is 12.4. The first-order chi connectivity index (χ1) is 9.09. The molecule has 1 unspecified atom stereocenters. The second-order valence-electron chi connectivity index (χ2n) is 4.60. The molecule has 1 aromatic rings. The summed E-state index contributed by atoms with van der Waals surface area (Å²) in [5.74, 6) is -1.17. The molecule has 1 fully saturated rings. The third kappa shape index (κ3) is 2.99. The van der Waals surface area contributed by atoms with E-state index < -0.39 is 5.97 Å². The van der Waals surface area contributed by atoms with Gasteiger partial charge in [-0.05, 0) is 31.9 Å². The molecular weight excluding hydrogens is 244 g/mol. The van der Waals surface area contributed by atoms with Gasteiger partial charge in [0.15, 0.2) is 0 Å². The van der Waals surface area contributed by atoms with Crippen LogP contribution < -0.4 is 0 Å². The summed E-state index contributed by atoms with van der Waals surface area (Å²) in [5, 5.41) is 8.66. The second-order valence-corrected chi connectivity index (χ2v) is 4.60. The number of carboxylic acid groups (broad SMARTS) is 1. The molecule has 19 heavy (non-hydrogen) atoms. The van der Waals surface area contributed by atoms with Gasteiger partial charge in [0.05, 0.1) is 0 Å². The van der Waals surface area contributed by atoms with E-state index in [4.69, 9.17) is 5.11 Å². The van der Waals surface area contributed by atoms with Gasteiger partial charge in [-0.2, -0.15) is 0 Å². The number of nitrogens with zero attached hydrogens (tertiary/aromatic N) is 2. The molecule has 1 atom stereocenters. The number of aliphatic carboxylic acids is 1. The molecule has 1 aliphatic heterocycles. The molecule has 0 spiro atoms. The van der Waals surface area contributed by atoms with Crippen molar-refractivity contribution >= 4 is 18.0 Å². The fraction of sp³-hybridized carbons (Fsp3) is 0.357. The number of likely N-dealkylation sites (tertiary alicyclic amines) is 1. The molecule has 5 nitrogen and oxygen atoms in total. The van der Waals surface area contributed by atoms with E-state index in [1.54, 1.807) is 23.2 Å². The maximum Gasteiger partial charge on any atom is 0.328 e. The number of amides is 1. The first kappa shape index (κ1) is 13.3. The molecule has 2 heterocycles. The first-order valence-corrected chi connectivity index (χ1v) is 6.26. The molecular formula is C14H16N2O3. The lowest BCUT2D eigenvalue weighted by Gasteiger charge is -2.21. The zero-order chi connectivity index (χ0) is 13.8. The van der Waals surface area contributed by atoms with Crippen molar-refractivity contribution in [2.45, 2.75) is 25.8 Å². The number of aromatic nitrogens is 1. The lowest BCUT2D eigenvalue weighted by Crippen LogP contribution is -2.34. The molecule has 2 rings (SSSR count). The highest BCUT2D eigenvalue weighted by Crippen LogP contribution is 2.20. The Hall–Kier alpha value is -2.17. The van der Waals surface area contributed by atoms with Gasteiger partial charge in [-0.1, -0.05) is 6.07 Å². The first-order valence-electron chi connectivity index (χ1n) is 6.26. The average molecular weight is 260 g/mol. The number of pyridine rings is 1. The Balaban J connectivity index is 2.29. The number of carboxylic acids is 1. The van der Waals surface area contributed by atoms with E-state index in [1.807, 2.05) is 6.92 Å². The van der Waals surface area contributed by atoms with Gasteiger partial charge >= 0.3 is 5.97 Å². The van der Waals surface area contributed by atoms with Gasteiger partial charge in [-0.3, -0.25) is 9.78 Å². The van der Waals surface area contributed by atoms with E-state index in [1.165, 1.54) is 6.08 Å². The van der Waals surface area contributed by atoms with Crippen molar-refractivity contribution < 1.29 is 14.7 Å². The summed E-state index contributed by atoms with van der Waals surface area (Å²) in [6.07, 6.45) is 5.97.